The Hall–Kier alpha value is -1.46. The molecule has 180 valence electrons. The number of aromatic nitrogens is 1. The fourth-order valence-electron chi connectivity index (χ4n) is 7.17. The SMILES string of the molecule is CC.C[C@]12CCC(=N)C=C1CCC1C2CC[C@@]2(C)C1CC[C@@H]2O.Cc1cnc(CCO)o1. The van der Waals surface area contributed by atoms with Crippen molar-refractivity contribution in [3.63, 3.8) is 0 Å². The number of aliphatic hydroxyl groups excluding tert-OH is 2. The van der Waals surface area contributed by atoms with Gasteiger partial charge in [0.15, 0.2) is 5.89 Å². The Bertz CT molecular complexity index is 816. The highest BCUT2D eigenvalue weighted by molar-refractivity contribution is 5.94. The fourth-order valence-corrected chi connectivity index (χ4v) is 7.17. The summed E-state index contributed by atoms with van der Waals surface area (Å²) in [5.41, 5.74) is 2.96. The lowest BCUT2D eigenvalue weighted by Crippen LogP contribution is -2.51. The van der Waals surface area contributed by atoms with Crippen LogP contribution >= 0.6 is 0 Å². The van der Waals surface area contributed by atoms with Gasteiger partial charge in [0.2, 0.25) is 0 Å². The van der Waals surface area contributed by atoms with Gasteiger partial charge in [0.05, 0.1) is 18.9 Å². The predicted octanol–water partition coefficient (Wildman–Crippen LogP) is 5.87. The van der Waals surface area contributed by atoms with Crippen LogP contribution in [-0.4, -0.2) is 33.6 Å². The lowest BCUT2D eigenvalue weighted by atomic mass is 9.47. The first-order chi connectivity index (χ1) is 15.3. The Morgan fingerprint density at radius 2 is 1.84 bits per heavy atom. The van der Waals surface area contributed by atoms with Gasteiger partial charge in [-0.05, 0) is 93.0 Å². The minimum atomic E-state index is -0.0623. The van der Waals surface area contributed by atoms with Gasteiger partial charge in [-0.1, -0.05) is 33.3 Å². The summed E-state index contributed by atoms with van der Waals surface area (Å²) in [4.78, 5) is 3.88. The second-order valence-electron chi connectivity index (χ2n) is 10.5. The molecule has 5 nitrogen and oxygen atoms in total. The number of rotatable bonds is 2. The molecule has 0 saturated heterocycles. The van der Waals surface area contributed by atoms with Gasteiger partial charge in [0.1, 0.15) is 5.76 Å². The quantitative estimate of drug-likeness (QED) is 0.532. The maximum absolute atomic E-state index is 10.5. The van der Waals surface area contributed by atoms with Crippen LogP contribution in [0.15, 0.2) is 22.3 Å². The summed E-state index contributed by atoms with van der Waals surface area (Å²) in [5.74, 6) is 3.75. The van der Waals surface area contributed by atoms with Crippen LogP contribution in [-0.2, 0) is 6.42 Å². The molecule has 0 aromatic carbocycles. The Morgan fingerprint density at radius 3 is 2.50 bits per heavy atom. The van der Waals surface area contributed by atoms with Crippen LogP contribution in [0.5, 0.6) is 0 Å². The molecular formula is C27H44N2O3. The van der Waals surface area contributed by atoms with Gasteiger partial charge >= 0.3 is 0 Å². The van der Waals surface area contributed by atoms with Crippen molar-refractivity contribution in [2.24, 2.45) is 28.6 Å². The normalized spacial score (nSPS) is 37.6. The van der Waals surface area contributed by atoms with Crippen molar-refractivity contribution >= 4 is 5.71 Å². The van der Waals surface area contributed by atoms with Crippen molar-refractivity contribution in [1.82, 2.24) is 4.98 Å². The molecule has 0 bridgehead atoms. The summed E-state index contributed by atoms with van der Waals surface area (Å²) >= 11 is 0. The molecule has 4 aliphatic rings. The topological polar surface area (TPSA) is 90.3 Å². The minimum Gasteiger partial charge on any atom is -0.446 e. The molecule has 1 heterocycles. The summed E-state index contributed by atoms with van der Waals surface area (Å²) in [6.07, 6.45) is 13.7. The third-order valence-corrected chi connectivity index (χ3v) is 8.94. The van der Waals surface area contributed by atoms with Crippen molar-refractivity contribution in [3.05, 3.63) is 29.5 Å². The van der Waals surface area contributed by atoms with Crippen LogP contribution < -0.4 is 0 Å². The molecule has 3 fully saturated rings. The number of hydrogen-bond acceptors (Lipinski definition) is 5. The van der Waals surface area contributed by atoms with E-state index in [1.165, 1.54) is 38.5 Å². The average molecular weight is 445 g/mol. The van der Waals surface area contributed by atoms with E-state index in [1.54, 1.807) is 11.8 Å². The lowest BCUT2D eigenvalue weighted by Gasteiger charge is -2.57. The Labute approximate surface area is 194 Å². The van der Waals surface area contributed by atoms with Gasteiger partial charge in [-0.3, -0.25) is 0 Å². The van der Waals surface area contributed by atoms with Crippen molar-refractivity contribution < 1.29 is 14.6 Å². The van der Waals surface area contributed by atoms with Crippen molar-refractivity contribution in [2.75, 3.05) is 6.61 Å². The van der Waals surface area contributed by atoms with Crippen molar-refractivity contribution in [1.29, 1.82) is 5.41 Å². The highest BCUT2D eigenvalue weighted by atomic mass is 16.4. The van der Waals surface area contributed by atoms with E-state index >= 15 is 0 Å². The highest BCUT2D eigenvalue weighted by Crippen LogP contribution is 2.65. The third kappa shape index (κ3) is 4.61. The number of nitrogens with one attached hydrogen (secondary N) is 1. The van der Waals surface area contributed by atoms with Crippen LogP contribution in [0.2, 0.25) is 0 Å². The number of allylic oxidation sites excluding steroid dienone is 2. The Balaban J connectivity index is 0.000000222. The van der Waals surface area contributed by atoms with E-state index in [0.717, 1.165) is 42.1 Å². The molecule has 0 aliphatic heterocycles. The molecule has 0 radical (unpaired) electrons. The summed E-state index contributed by atoms with van der Waals surface area (Å²) in [6.45, 7) is 10.8. The second kappa shape index (κ2) is 10.2. The highest BCUT2D eigenvalue weighted by Gasteiger charge is 2.58. The van der Waals surface area contributed by atoms with Crippen LogP contribution in [0.4, 0.5) is 0 Å². The van der Waals surface area contributed by atoms with E-state index in [4.69, 9.17) is 14.9 Å². The second-order valence-corrected chi connectivity index (χ2v) is 10.5. The molecule has 1 aromatic rings. The summed E-state index contributed by atoms with van der Waals surface area (Å²) in [6, 6.07) is 0. The number of hydrogen-bond donors (Lipinski definition) is 3. The third-order valence-electron chi connectivity index (χ3n) is 8.94. The number of aliphatic hydroxyl groups is 2. The Morgan fingerprint density at radius 1 is 1.09 bits per heavy atom. The van der Waals surface area contributed by atoms with Gasteiger partial charge in [-0.15, -0.1) is 0 Å². The summed E-state index contributed by atoms with van der Waals surface area (Å²) in [5, 5.41) is 26.9. The van der Waals surface area contributed by atoms with Crippen LogP contribution in [0.1, 0.15) is 90.7 Å². The maximum atomic E-state index is 10.5. The minimum absolute atomic E-state index is 0.0623. The predicted molar refractivity (Wildman–Crippen MR) is 129 cm³/mol. The average Bonchev–Trinajstić information content (AvgIpc) is 3.33. The number of aryl methyl sites for hydroxylation is 1. The molecule has 3 N–H and O–H groups in total. The van der Waals surface area contributed by atoms with Gasteiger partial charge in [-0.2, -0.15) is 0 Å². The summed E-state index contributed by atoms with van der Waals surface area (Å²) in [7, 11) is 0. The molecule has 5 heteroatoms. The molecule has 6 atom stereocenters. The molecule has 5 rings (SSSR count). The number of oxazole rings is 1. The van der Waals surface area contributed by atoms with Gasteiger partial charge in [-0.25, -0.2) is 4.98 Å². The standard InChI is InChI=1S/C19H29NO.C6H9NO2.C2H6/c1-18-9-7-13(20)11-12(18)3-4-14-15-5-6-17(21)19(15,2)10-8-16(14)18;1-5-4-7-6(9-5)2-3-8;1-2/h11,14-17,20-21H,3-10H2,1-2H3;4,8H,2-3H2,1H3;1-2H3/t14?,15?,16?,17-,18-,19-;;/m0../s1. The molecular weight excluding hydrogens is 400 g/mol. The largest absolute Gasteiger partial charge is 0.446 e. The molecule has 0 amide bonds. The number of nitrogens with zero attached hydrogens (tertiary/aromatic N) is 1. The van der Waals surface area contributed by atoms with E-state index in [2.05, 4.69) is 24.9 Å². The molecule has 3 unspecified atom stereocenters. The first-order valence-corrected chi connectivity index (χ1v) is 12.8. The lowest BCUT2D eigenvalue weighted by molar-refractivity contribution is -0.0721. The first kappa shape index (κ1) is 25.2. The van der Waals surface area contributed by atoms with E-state index in [-0.39, 0.29) is 18.1 Å². The maximum Gasteiger partial charge on any atom is 0.196 e. The van der Waals surface area contributed by atoms with E-state index in [9.17, 15) is 5.11 Å². The van der Waals surface area contributed by atoms with Crippen molar-refractivity contribution in [2.45, 2.75) is 98.5 Å². The monoisotopic (exact) mass is 444 g/mol. The zero-order valence-corrected chi connectivity index (χ0v) is 20.8. The number of fused-ring (bicyclic) bond motifs is 5. The van der Waals surface area contributed by atoms with E-state index in [0.29, 0.717) is 17.7 Å². The van der Waals surface area contributed by atoms with Crippen LogP contribution in [0, 0.1) is 40.9 Å². The molecule has 32 heavy (non-hydrogen) atoms. The van der Waals surface area contributed by atoms with Gasteiger partial charge in [0, 0.05) is 12.1 Å². The van der Waals surface area contributed by atoms with Gasteiger partial charge < -0.3 is 20.0 Å². The fraction of sp³-hybridized carbons (Fsp3) is 0.778. The molecule has 4 aliphatic carbocycles. The first-order valence-electron chi connectivity index (χ1n) is 12.8. The zero-order valence-electron chi connectivity index (χ0n) is 20.8. The molecule has 1 aromatic heterocycles. The Kier molecular flexibility index (Phi) is 8.03. The summed E-state index contributed by atoms with van der Waals surface area (Å²) < 4.78 is 5.05. The van der Waals surface area contributed by atoms with Crippen molar-refractivity contribution in [3.8, 4) is 0 Å². The van der Waals surface area contributed by atoms with Crippen LogP contribution in [0.3, 0.4) is 0 Å². The van der Waals surface area contributed by atoms with E-state index < -0.39 is 0 Å². The molecule has 3 saturated carbocycles. The van der Waals surface area contributed by atoms with Crippen LogP contribution in [0.25, 0.3) is 0 Å². The zero-order chi connectivity index (χ0) is 23.5. The van der Waals surface area contributed by atoms with Gasteiger partial charge in [0.25, 0.3) is 0 Å². The van der Waals surface area contributed by atoms with E-state index in [1.807, 2.05) is 20.8 Å². The molecule has 0 spiro atoms. The smallest absolute Gasteiger partial charge is 0.196 e.